The van der Waals surface area contributed by atoms with Crippen LogP contribution in [0, 0.1) is 5.92 Å². The molecule has 0 aromatic rings. The minimum atomic E-state index is -1.00. The van der Waals surface area contributed by atoms with Gasteiger partial charge in [0.05, 0.1) is 0 Å². The van der Waals surface area contributed by atoms with Gasteiger partial charge in [-0.05, 0) is 12.3 Å². The maximum Gasteiger partial charge on any atom is 0.326 e. The van der Waals surface area contributed by atoms with Crippen molar-refractivity contribution in [1.29, 1.82) is 0 Å². The Morgan fingerprint density at radius 1 is 1.47 bits per heavy atom. The van der Waals surface area contributed by atoms with Gasteiger partial charge in [0.25, 0.3) is 0 Å². The predicted octanol–water partition coefficient (Wildman–Crippen LogP) is 1.17. The lowest BCUT2D eigenvalue weighted by Crippen LogP contribution is -2.41. The lowest BCUT2D eigenvalue weighted by atomic mass is 9.82. The van der Waals surface area contributed by atoms with E-state index in [-0.39, 0.29) is 5.91 Å². The Balaban J connectivity index is 2.22. The SMILES string of the molecule is COCCC(NC(=O)CCC1CCC1)C(=O)O. The van der Waals surface area contributed by atoms with E-state index in [1.54, 1.807) is 0 Å². The fraction of sp³-hybridized carbons (Fsp3) is 0.833. The highest BCUT2D eigenvalue weighted by Crippen LogP contribution is 2.30. The van der Waals surface area contributed by atoms with Crippen LogP contribution < -0.4 is 5.32 Å². The van der Waals surface area contributed by atoms with Gasteiger partial charge in [0.2, 0.25) is 5.91 Å². The van der Waals surface area contributed by atoms with Crippen molar-refractivity contribution >= 4 is 11.9 Å². The second-order valence-corrected chi connectivity index (χ2v) is 4.58. The monoisotopic (exact) mass is 243 g/mol. The molecule has 1 fully saturated rings. The molecule has 1 saturated carbocycles. The highest BCUT2D eigenvalue weighted by molar-refractivity contribution is 5.83. The zero-order valence-electron chi connectivity index (χ0n) is 10.3. The molecule has 0 spiro atoms. The maximum atomic E-state index is 11.6. The highest BCUT2D eigenvalue weighted by Gasteiger charge is 2.22. The van der Waals surface area contributed by atoms with Gasteiger partial charge in [-0.1, -0.05) is 19.3 Å². The molecule has 0 aliphatic heterocycles. The molecule has 0 radical (unpaired) electrons. The lowest BCUT2D eigenvalue weighted by Gasteiger charge is -2.25. The number of aliphatic carboxylic acids is 1. The molecule has 5 nitrogen and oxygen atoms in total. The van der Waals surface area contributed by atoms with E-state index >= 15 is 0 Å². The third-order valence-electron chi connectivity index (χ3n) is 3.25. The molecular formula is C12H21NO4. The number of carbonyl (C=O) groups excluding carboxylic acids is 1. The zero-order chi connectivity index (χ0) is 12.7. The second-order valence-electron chi connectivity index (χ2n) is 4.58. The van der Waals surface area contributed by atoms with Gasteiger partial charge < -0.3 is 15.2 Å². The van der Waals surface area contributed by atoms with Gasteiger partial charge in [0.15, 0.2) is 0 Å². The van der Waals surface area contributed by atoms with E-state index < -0.39 is 12.0 Å². The third kappa shape index (κ3) is 5.17. The zero-order valence-corrected chi connectivity index (χ0v) is 10.3. The number of nitrogens with one attached hydrogen (secondary N) is 1. The molecule has 98 valence electrons. The molecule has 1 aliphatic rings. The molecule has 1 unspecified atom stereocenters. The summed E-state index contributed by atoms with van der Waals surface area (Å²) in [4.78, 5) is 22.4. The maximum absolute atomic E-state index is 11.6. The number of carbonyl (C=O) groups is 2. The van der Waals surface area contributed by atoms with Gasteiger partial charge in [0.1, 0.15) is 6.04 Å². The largest absolute Gasteiger partial charge is 0.480 e. The number of rotatable bonds is 8. The van der Waals surface area contributed by atoms with Crippen LogP contribution in [0.3, 0.4) is 0 Å². The molecular weight excluding hydrogens is 222 g/mol. The van der Waals surface area contributed by atoms with Gasteiger partial charge >= 0.3 is 5.97 Å². The minimum absolute atomic E-state index is 0.166. The topological polar surface area (TPSA) is 75.6 Å². The van der Waals surface area contributed by atoms with E-state index in [0.29, 0.717) is 25.4 Å². The molecule has 1 amide bonds. The molecule has 1 rings (SSSR count). The van der Waals surface area contributed by atoms with Crippen LogP contribution in [0.4, 0.5) is 0 Å². The Labute approximate surface area is 102 Å². The van der Waals surface area contributed by atoms with Gasteiger partial charge in [-0.25, -0.2) is 4.79 Å². The Morgan fingerprint density at radius 2 is 2.18 bits per heavy atom. The first-order valence-electron chi connectivity index (χ1n) is 6.14. The second kappa shape index (κ2) is 7.27. The number of ether oxygens (including phenoxy) is 1. The highest BCUT2D eigenvalue weighted by atomic mass is 16.5. The summed E-state index contributed by atoms with van der Waals surface area (Å²) in [5.41, 5.74) is 0. The Bertz CT molecular complexity index is 263. The number of methoxy groups -OCH3 is 1. The van der Waals surface area contributed by atoms with Crippen molar-refractivity contribution in [2.45, 2.75) is 44.6 Å². The summed E-state index contributed by atoms with van der Waals surface area (Å²) in [6, 6.07) is -0.830. The summed E-state index contributed by atoms with van der Waals surface area (Å²) in [5.74, 6) is -0.498. The molecule has 1 atom stereocenters. The van der Waals surface area contributed by atoms with Crippen LogP contribution in [0.5, 0.6) is 0 Å². The van der Waals surface area contributed by atoms with Crippen LogP contribution in [0.15, 0.2) is 0 Å². The summed E-state index contributed by atoms with van der Waals surface area (Å²) in [5, 5.41) is 11.4. The van der Waals surface area contributed by atoms with Crippen molar-refractivity contribution in [3.63, 3.8) is 0 Å². The number of hydrogen-bond donors (Lipinski definition) is 2. The van der Waals surface area contributed by atoms with E-state index in [9.17, 15) is 9.59 Å². The van der Waals surface area contributed by atoms with E-state index in [2.05, 4.69) is 5.32 Å². The predicted molar refractivity (Wildman–Crippen MR) is 62.6 cm³/mol. The van der Waals surface area contributed by atoms with Crippen molar-refractivity contribution < 1.29 is 19.4 Å². The van der Waals surface area contributed by atoms with Crippen molar-refractivity contribution in [1.82, 2.24) is 5.32 Å². The standard InChI is InChI=1S/C12H21NO4/c1-17-8-7-10(12(15)16)13-11(14)6-5-9-3-2-4-9/h9-10H,2-8H2,1H3,(H,13,14)(H,15,16). The smallest absolute Gasteiger partial charge is 0.326 e. The molecule has 0 bridgehead atoms. The first-order valence-corrected chi connectivity index (χ1v) is 6.14. The summed E-state index contributed by atoms with van der Waals surface area (Å²) < 4.78 is 4.81. The molecule has 0 saturated heterocycles. The van der Waals surface area contributed by atoms with Crippen LogP contribution in [0.25, 0.3) is 0 Å². The quantitative estimate of drug-likeness (QED) is 0.671. The minimum Gasteiger partial charge on any atom is -0.480 e. The van der Waals surface area contributed by atoms with Crippen LogP contribution in [0.2, 0.25) is 0 Å². The lowest BCUT2D eigenvalue weighted by molar-refractivity contribution is -0.142. The van der Waals surface area contributed by atoms with Gasteiger partial charge in [-0.15, -0.1) is 0 Å². The third-order valence-corrected chi connectivity index (χ3v) is 3.25. The van der Waals surface area contributed by atoms with Crippen molar-refractivity contribution in [3.05, 3.63) is 0 Å². The number of hydrogen-bond acceptors (Lipinski definition) is 3. The normalized spacial score (nSPS) is 17.2. The molecule has 0 aromatic carbocycles. The van der Waals surface area contributed by atoms with Gasteiger partial charge in [-0.3, -0.25) is 4.79 Å². The molecule has 0 heterocycles. The van der Waals surface area contributed by atoms with E-state index in [0.717, 1.165) is 6.42 Å². The number of carboxylic acid groups (broad SMARTS) is 1. The van der Waals surface area contributed by atoms with Crippen molar-refractivity contribution in [2.24, 2.45) is 5.92 Å². The molecule has 0 aromatic heterocycles. The van der Waals surface area contributed by atoms with Crippen LogP contribution >= 0.6 is 0 Å². The molecule has 5 heteroatoms. The van der Waals surface area contributed by atoms with Crippen LogP contribution in [-0.4, -0.2) is 36.7 Å². The Kier molecular flexibility index (Phi) is 5.97. The molecule has 2 N–H and O–H groups in total. The van der Waals surface area contributed by atoms with Crippen molar-refractivity contribution in [2.75, 3.05) is 13.7 Å². The fourth-order valence-corrected chi connectivity index (χ4v) is 1.88. The Morgan fingerprint density at radius 3 is 2.65 bits per heavy atom. The van der Waals surface area contributed by atoms with E-state index in [1.165, 1.54) is 26.4 Å². The van der Waals surface area contributed by atoms with Gasteiger partial charge in [0, 0.05) is 26.6 Å². The Hall–Kier alpha value is -1.10. The first-order chi connectivity index (χ1) is 8.13. The van der Waals surface area contributed by atoms with Crippen LogP contribution in [0.1, 0.15) is 38.5 Å². The number of carboxylic acids is 1. The van der Waals surface area contributed by atoms with Crippen LogP contribution in [-0.2, 0) is 14.3 Å². The summed E-state index contributed by atoms with van der Waals surface area (Å²) in [7, 11) is 1.51. The van der Waals surface area contributed by atoms with E-state index in [1.807, 2.05) is 0 Å². The summed E-state index contributed by atoms with van der Waals surface area (Å²) in [6.45, 7) is 0.333. The van der Waals surface area contributed by atoms with E-state index in [4.69, 9.17) is 9.84 Å². The fourth-order valence-electron chi connectivity index (χ4n) is 1.88. The first kappa shape index (κ1) is 14.0. The summed E-state index contributed by atoms with van der Waals surface area (Å²) >= 11 is 0. The van der Waals surface area contributed by atoms with Gasteiger partial charge in [-0.2, -0.15) is 0 Å². The number of amides is 1. The molecule has 1 aliphatic carbocycles. The average molecular weight is 243 g/mol. The molecule has 17 heavy (non-hydrogen) atoms. The average Bonchev–Trinajstić information content (AvgIpc) is 2.21. The summed E-state index contributed by atoms with van der Waals surface area (Å²) in [6.07, 6.45) is 5.29. The van der Waals surface area contributed by atoms with Crippen molar-refractivity contribution in [3.8, 4) is 0 Å².